The van der Waals surface area contributed by atoms with Gasteiger partial charge in [0, 0.05) is 11.8 Å². The van der Waals surface area contributed by atoms with Gasteiger partial charge in [0.1, 0.15) is 5.52 Å². The third-order valence-electron chi connectivity index (χ3n) is 4.55. The van der Waals surface area contributed by atoms with E-state index in [1.165, 1.54) is 11.1 Å². The summed E-state index contributed by atoms with van der Waals surface area (Å²) in [5.41, 5.74) is 5.09. The lowest BCUT2D eigenvalue weighted by Crippen LogP contribution is -1.98. The summed E-state index contributed by atoms with van der Waals surface area (Å²) in [6.07, 6.45) is 2.49. The summed E-state index contributed by atoms with van der Waals surface area (Å²) >= 11 is 0. The highest BCUT2D eigenvalue weighted by Crippen LogP contribution is 2.27. The zero-order valence-corrected chi connectivity index (χ0v) is 14.1. The molecule has 0 spiro atoms. The van der Waals surface area contributed by atoms with Gasteiger partial charge < -0.3 is 8.94 Å². The van der Waals surface area contributed by atoms with Crippen LogP contribution in [0.4, 0.5) is 0 Å². The minimum absolute atomic E-state index is 0.289. The molecular weight excluding hydrogens is 300 g/mol. The van der Waals surface area contributed by atoms with Crippen molar-refractivity contribution in [2.24, 2.45) is 0 Å². The minimum atomic E-state index is 0.289. The molecule has 2 aromatic carbocycles. The van der Waals surface area contributed by atoms with Crippen LogP contribution in [0.2, 0.25) is 0 Å². The molecule has 0 bridgehead atoms. The van der Waals surface area contributed by atoms with Gasteiger partial charge >= 0.3 is 0 Å². The van der Waals surface area contributed by atoms with Gasteiger partial charge in [-0.1, -0.05) is 38.1 Å². The van der Waals surface area contributed by atoms with Crippen LogP contribution in [0.1, 0.15) is 49.6 Å². The lowest BCUT2D eigenvalue weighted by molar-refractivity contribution is 0.455. The van der Waals surface area contributed by atoms with E-state index in [1.54, 1.807) is 6.20 Å². The average molecular weight is 320 g/mol. The van der Waals surface area contributed by atoms with Gasteiger partial charge in [-0.3, -0.25) is 0 Å². The summed E-state index contributed by atoms with van der Waals surface area (Å²) in [4.78, 5) is 4.67. The van der Waals surface area contributed by atoms with Gasteiger partial charge in [-0.2, -0.15) is 0 Å². The maximum absolute atomic E-state index is 5.92. The Kier molecular flexibility index (Phi) is 3.60. The number of fused-ring (bicyclic) bond motifs is 2. The van der Waals surface area contributed by atoms with E-state index in [0.29, 0.717) is 5.92 Å². The molecule has 1 unspecified atom stereocenters. The van der Waals surface area contributed by atoms with Crippen molar-refractivity contribution in [1.82, 2.24) is 10.1 Å². The first-order valence-electron chi connectivity index (χ1n) is 8.34. The summed E-state index contributed by atoms with van der Waals surface area (Å²) < 4.78 is 11.2. The van der Waals surface area contributed by atoms with E-state index in [1.807, 2.05) is 18.2 Å². The molecule has 0 radical (unpaired) electrons. The van der Waals surface area contributed by atoms with Gasteiger partial charge in [-0.15, -0.1) is 0 Å². The van der Waals surface area contributed by atoms with E-state index in [9.17, 15) is 0 Å². The number of oxazole rings is 1. The van der Waals surface area contributed by atoms with Gasteiger partial charge in [0.25, 0.3) is 0 Å². The number of hydrogen-bond donors (Lipinski definition) is 0. The van der Waals surface area contributed by atoms with Crippen molar-refractivity contribution in [2.75, 3.05) is 0 Å². The summed E-state index contributed by atoms with van der Waals surface area (Å²) in [5.74, 6) is 1.55. The highest BCUT2D eigenvalue weighted by molar-refractivity contribution is 5.76. The van der Waals surface area contributed by atoms with Crippen LogP contribution in [0.15, 0.2) is 51.5 Å². The van der Waals surface area contributed by atoms with Gasteiger partial charge in [0.15, 0.2) is 17.1 Å². The Bertz CT molecular complexity index is 997. The van der Waals surface area contributed by atoms with Gasteiger partial charge in [-0.05, 0) is 47.2 Å². The molecule has 0 N–H and O–H groups in total. The molecule has 4 aromatic rings. The molecule has 0 saturated carbocycles. The fraction of sp³-hybridized carbons (Fsp3) is 0.300. The molecule has 1 atom stereocenters. The molecule has 0 amide bonds. The molecule has 4 nitrogen and oxygen atoms in total. The zero-order chi connectivity index (χ0) is 16.7. The Balaban J connectivity index is 1.60. The fourth-order valence-corrected chi connectivity index (χ4v) is 3.00. The monoisotopic (exact) mass is 320 g/mol. The van der Waals surface area contributed by atoms with Crippen LogP contribution in [-0.4, -0.2) is 10.1 Å². The SMILES string of the molecule is CC(C)c1ccc2oc(CC(C)c3ccc4cnoc4c3)nc2c1. The fourth-order valence-electron chi connectivity index (χ4n) is 3.00. The maximum Gasteiger partial charge on any atom is 0.196 e. The molecule has 0 aliphatic rings. The van der Waals surface area contributed by atoms with Crippen molar-refractivity contribution < 1.29 is 8.94 Å². The molecule has 4 heteroatoms. The van der Waals surface area contributed by atoms with Crippen LogP contribution in [-0.2, 0) is 6.42 Å². The third kappa shape index (κ3) is 2.68. The maximum atomic E-state index is 5.92. The predicted molar refractivity (Wildman–Crippen MR) is 94.2 cm³/mol. The molecule has 0 aliphatic heterocycles. The molecule has 0 fully saturated rings. The number of hydrogen-bond acceptors (Lipinski definition) is 4. The van der Waals surface area contributed by atoms with Crippen molar-refractivity contribution in [1.29, 1.82) is 0 Å². The average Bonchev–Trinajstić information content (AvgIpc) is 3.18. The van der Waals surface area contributed by atoms with E-state index in [4.69, 9.17) is 8.94 Å². The van der Waals surface area contributed by atoms with Gasteiger partial charge in [0.05, 0.1) is 6.20 Å². The molecule has 24 heavy (non-hydrogen) atoms. The van der Waals surface area contributed by atoms with E-state index in [2.05, 4.69) is 49.1 Å². The standard InChI is InChI=1S/C20H20N2O2/c1-12(2)14-6-7-18-17(9-14)22-20(23-18)8-13(3)15-4-5-16-11-21-24-19(16)10-15/h4-7,9-13H,8H2,1-3H3. The van der Waals surface area contributed by atoms with E-state index >= 15 is 0 Å². The number of nitrogens with zero attached hydrogens (tertiary/aromatic N) is 2. The minimum Gasteiger partial charge on any atom is -0.441 e. The smallest absolute Gasteiger partial charge is 0.196 e. The number of rotatable bonds is 4. The lowest BCUT2D eigenvalue weighted by atomic mass is 9.97. The topological polar surface area (TPSA) is 52.1 Å². The van der Waals surface area contributed by atoms with Crippen molar-refractivity contribution >= 4 is 22.1 Å². The van der Waals surface area contributed by atoms with Crippen LogP contribution in [0.3, 0.4) is 0 Å². The van der Waals surface area contributed by atoms with Gasteiger partial charge in [0.2, 0.25) is 0 Å². The second-order valence-corrected chi connectivity index (χ2v) is 6.72. The zero-order valence-electron chi connectivity index (χ0n) is 14.1. The van der Waals surface area contributed by atoms with Crippen molar-refractivity contribution in [3.8, 4) is 0 Å². The second kappa shape index (κ2) is 5.78. The largest absolute Gasteiger partial charge is 0.441 e. The van der Waals surface area contributed by atoms with E-state index in [0.717, 1.165) is 34.4 Å². The molecule has 4 rings (SSSR count). The lowest BCUT2D eigenvalue weighted by Gasteiger charge is -2.08. The molecule has 122 valence electrons. The Morgan fingerprint density at radius 3 is 2.62 bits per heavy atom. The molecule has 0 saturated heterocycles. The Morgan fingerprint density at radius 1 is 0.958 bits per heavy atom. The molecule has 2 aromatic heterocycles. The van der Waals surface area contributed by atoms with Gasteiger partial charge in [-0.25, -0.2) is 4.98 Å². The normalized spacial score (nSPS) is 13.2. The highest BCUT2D eigenvalue weighted by atomic mass is 16.5. The Hall–Kier alpha value is -2.62. The summed E-state index contributed by atoms with van der Waals surface area (Å²) in [6.45, 7) is 6.54. The van der Waals surface area contributed by atoms with Crippen LogP contribution in [0, 0.1) is 0 Å². The van der Waals surface area contributed by atoms with Crippen LogP contribution in [0.25, 0.3) is 22.1 Å². The summed E-state index contributed by atoms with van der Waals surface area (Å²) in [5, 5.41) is 4.85. The summed E-state index contributed by atoms with van der Waals surface area (Å²) in [7, 11) is 0. The third-order valence-corrected chi connectivity index (χ3v) is 4.55. The first-order valence-corrected chi connectivity index (χ1v) is 8.34. The van der Waals surface area contributed by atoms with Crippen molar-refractivity contribution in [3.63, 3.8) is 0 Å². The van der Waals surface area contributed by atoms with Crippen LogP contribution in [0.5, 0.6) is 0 Å². The first kappa shape index (κ1) is 14.9. The molecule has 2 heterocycles. The second-order valence-electron chi connectivity index (χ2n) is 6.72. The van der Waals surface area contributed by atoms with Crippen LogP contribution < -0.4 is 0 Å². The molecule has 0 aliphatic carbocycles. The van der Waals surface area contributed by atoms with E-state index in [-0.39, 0.29) is 5.92 Å². The van der Waals surface area contributed by atoms with E-state index < -0.39 is 0 Å². The number of benzene rings is 2. The first-order chi connectivity index (χ1) is 11.6. The predicted octanol–water partition coefficient (Wildman–Crippen LogP) is 5.44. The number of aromatic nitrogens is 2. The Morgan fingerprint density at radius 2 is 1.79 bits per heavy atom. The summed E-state index contributed by atoms with van der Waals surface area (Å²) in [6, 6.07) is 12.5. The van der Waals surface area contributed by atoms with Crippen molar-refractivity contribution in [2.45, 2.75) is 39.0 Å². The van der Waals surface area contributed by atoms with Crippen LogP contribution >= 0.6 is 0 Å². The van der Waals surface area contributed by atoms with Crippen molar-refractivity contribution in [3.05, 3.63) is 59.6 Å². The highest BCUT2D eigenvalue weighted by Gasteiger charge is 2.14. The quantitative estimate of drug-likeness (QED) is 0.502. The Labute approximate surface area is 140 Å². The molecular formula is C20H20N2O2.